The minimum atomic E-state index is 0.572. The topological polar surface area (TPSA) is 40.8 Å². The largest absolute Gasteiger partial charge is 0.428 e. The van der Waals surface area contributed by atoms with E-state index in [1.807, 2.05) is 24.3 Å². The lowest BCUT2D eigenvalue weighted by Crippen LogP contribution is -2.30. The van der Waals surface area contributed by atoms with Crippen molar-refractivity contribution in [2.75, 3.05) is 26.2 Å². The summed E-state index contributed by atoms with van der Waals surface area (Å²) in [5.74, 6) is 0. The fourth-order valence-corrected chi connectivity index (χ4v) is 4.21. The zero-order chi connectivity index (χ0) is 18.8. The molecule has 1 aliphatic rings. The fourth-order valence-electron chi connectivity index (χ4n) is 3.87. The van der Waals surface area contributed by atoms with Gasteiger partial charge in [0, 0.05) is 27.4 Å². The Bertz CT molecular complexity index is 973. The summed E-state index contributed by atoms with van der Waals surface area (Å²) in [7, 11) is 0. The molecule has 2 aromatic carbocycles. The van der Waals surface area contributed by atoms with E-state index >= 15 is 0 Å². The summed E-state index contributed by atoms with van der Waals surface area (Å²) >= 11 is 12.3. The van der Waals surface area contributed by atoms with Crippen molar-refractivity contribution in [2.24, 2.45) is 4.99 Å². The Hall–Kier alpha value is -1.75. The number of benzene rings is 2. The second kappa shape index (κ2) is 8.09. The highest BCUT2D eigenvalue weighted by Gasteiger charge is 2.11. The van der Waals surface area contributed by atoms with Gasteiger partial charge in [-0.05, 0) is 75.3 Å². The first-order chi connectivity index (χ1) is 13.1. The van der Waals surface area contributed by atoms with Gasteiger partial charge in [-0.3, -0.25) is 4.99 Å². The van der Waals surface area contributed by atoms with Gasteiger partial charge in [-0.1, -0.05) is 29.6 Å². The molecule has 1 fully saturated rings. The van der Waals surface area contributed by atoms with E-state index in [2.05, 4.69) is 4.90 Å². The lowest BCUT2D eigenvalue weighted by molar-refractivity contribution is 0.211. The summed E-state index contributed by atoms with van der Waals surface area (Å²) in [5, 5.41) is 14.5. The molecule has 4 rings (SSSR count). The van der Waals surface area contributed by atoms with E-state index in [1.165, 1.54) is 32.4 Å². The van der Waals surface area contributed by atoms with Gasteiger partial charge in [-0.25, -0.2) is 0 Å². The smallest absolute Gasteiger partial charge is 0.0908 e. The van der Waals surface area contributed by atoms with Crippen molar-refractivity contribution in [3.8, 4) is 0 Å². The molecule has 4 nitrogen and oxygen atoms in total. The first kappa shape index (κ1) is 18.6. The highest BCUT2D eigenvalue weighted by atomic mass is 35.5. The Morgan fingerprint density at radius 2 is 1.48 bits per heavy atom. The molecule has 0 aliphatic carbocycles. The van der Waals surface area contributed by atoms with Crippen LogP contribution in [0.1, 0.15) is 25.7 Å². The van der Waals surface area contributed by atoms with Crippen LogP contribution in [-0.4, -0.2) is 41.0 Å². The van der Waals surface area contributed by atoms with Gasteiger partial charge in [0.25, 0.3) is 0 Å². The molecular weight excluding hydrogens is 381 g/mol. The molecule has 0 atom stereocenters. The molecule has 1 aliphatic heterocycles. The number of hydrogen-bond donors (Lipinski definition) is 1. The van der Waals surface area contributed by atoms with E-state index in [9.17, 15) is 5.21 Å². The molecule has 2 heterocycles. The second-order valence-electron chi connectivity index (χ2n) is 7.12. The van der Waals surface area contributed by atoms with Crippen LogP contribution in [0, 0.1) is 0 Å². The van der Waals surface area contributed by atoms with Crippen LogP contribution in [0.5, 0.6) is 0 Å². The van der Waals surface area contributed by atoms with Crippen molar-refractivity contribution in [2.45, 2.75) is 25.7 Å². The van der Waals surface area contributed by atoms with Crippen molar-refractivity contribution < 1.29 is 5.21 Å². The minimum absolute atomic E-state index is 0.572. The molecule has 0 amide bonds. The molecular formula is C21H23Cl2N3O. The van der Waals surface area contributed by atoms with Gasteiger partial charge in [0.1, 0.15) is 0 Å². The molecule has 1 aromatic heterocycles. The summed E-state index contributed by atoms with van der Waals surface area (Å²) in [6.45, 7) is 4.25. The number of piperidine rings is 1. The number of halogens is 2. The maximum absolute atomic E-state index is 10.7. The van der Waals surface area contributed by atoms with Crippen LogP contribution in [0.2, 0.25) is 10.0 Å². The van der Waals surface area contributed by atoms with Crippen LogP contribution in [0.3, 0.4) is 0 Å². The molecule has 142 valence electrons. The second-order valence-corrected chi connectivity index (χ2v) is 7.99. The van der Waals surface area contributed by atoms with Crippen molar-refractivity contribution in [3.05, 3.63) is 51.8 Å². The van der Waals surface area contributed by atoms with Crippen LogP contribution >= 0.6 is 23.2 Å². The van der Waals surface area contributed by atoms with Gasteiger partial charge in [-0.15, -0.1) is 0 Å². The normalized spacial score (nSPS) is 15.5. The van der Waals surface area contributed by atoms with Crippen LogP contribution in [0.15, 0.2) is 41.4 Å². The van der Waals surface area contributed by atoms with Crippen LogP contribution in [-0.2, 0) is 0 Å². The van der Waals surface area contributed by atoms with Gasteiger partial charge in [0.2, 0.25) is 0 Å². The van der Waals surface area contributed by atoms with Gasteiger partial charge in [-0.2, -0.15) is 4.73 Å². The Morgan fingerprint density at radius 1 is 0.889 bits per heavy atom. The van der Waals surface area contributed by atoms with E-state index in [-0.39, 0.29) is 0 Å². The minimum Gasteiger partial charge on any atom is -0.428 e. The number of nitrogens with zero attached hydrogens (tertiary/aromatic N) is 3. The molecule has 1 N–H and O–H groups in total. The maximum atomic E-state index is 10.7. The van der Waals surface area contributed by atoms with Crippen molar-refractivity contribution in [1.82, 2.24) is 9.63 Å². The molecule has 27 heavy (non-hydrogen) atoms. The third kappa shape index (κ3) is 3.93. The molecule has 0 bridgehead atoms. The molecule has 0 radical (unpaired) electrons. The van der Waals surface area contributed by atoms with E-state index in [4.69, 9.17) is 28.2 Å². The zero-order valence-electron chi connectivity index (χ0n) is 15.2. The third-order valence-corrected chi connectivity index (χ3v) is 5.71. The van der Waals surface area contributed by atoms with E-state index in [0.29, 0.717) is 21.1 Å². The molecule has 0 unspecified atom stereocenters. The summed E-state index contributed by atoms with van der Waals surface area (Å²) in [6, 6.07) is 11.0. The molecule has 1 saturated heterocycles. The monoisotopic (exact) mass is 403 g/mol. The Balaban J connectivity index is 1.73. The summed E-state index contributed by atoms with van der Waals surface area (Å²) < 4.78 is 1.15. The van der Waals surface area contributed by atoms with Crippen molar-refractivity contribution in [3.63, 3.8) is 0 Å². The van der Waals surface area contributed by atoms with Crippen molar-refractivity contribution >= 4 is 45.0 Å². The highest BCUT2D eigenvalue weighted by molar-refractivity contribution is 6.31. The molecule has 6 heteroatoms. The lowest BCUT2D eigenvalue weighted by atomic mass is 10.1. The summed E-state index contributed by atoms with van der Waals surface area (Å²) in [6.07, 6.45) is 5.00. The number of fused-ring (bicyclic) bond motifs is 2. The quantitative estimate of drug-likeness (QED) is 0.373. The number of pyridine rings is 1. The number of aromatic nitrogens is 1. The summed E-state index contributed by atoms with van der Waals surface area (Å²) in [5.41, 5.74) is 1.26. The van der Waals surface area contributed by atoms with Crippen molar-refractivity contribution in [1.29, 1.82) is 0 Å². The van der Waals surface area contributed by atoms with Crippen LogP contribution in [0.4, 0.5) is 0 Å². The van der Waals surface area contributed by atoms with Gasteiger partial charge in [0.05, 0.1) is 16.4 Å². The first-order valence-electron chi connectivity index (χ1n) is 9.49. The summed E-state index contributed by atoms with van der Waals surface area (Å²) in [4.78, 5) is 7.44. The Kier molecular flexibility index (Phi) is 5.58. The Morgan fingerprint density at radius 3 is 2.07 bits per heavy atom. The molecule has 0 saturated carbocycles. The average molecular weight is 404 g/mol. The predicted molar refractivity (Wildman–Crippen MR) is 112 cm³/mol. The van der Waals surface area contributed by atoms with E-state index < -0.39 is 0 Å². The zero-order valence-corrected chi connectivity index (χ0v) is 16.7. The highest BCUT2D eigenvalue weighted by Crippen LogP contribution is 2.23. The average Bonchev–Trinajstić information content (AvgIpc) is 2.68. The van der Waals surface area contributed by atoms with Gasteiger partial charge in [0.15, 0.2) is 0 Å². The SMILES string of the molecule is On1c2cc(Cl)ccc2c(=NCCCN2CCCCC2)c2ccc(Cl)cc21. The predicted octanol–water partition coefficient (Wildman–Crippen LogP) is 5.12. The van der Waals surface area contributed by atoms with Crippen LogP contribution < -0.4 is 5.36 Å². The maximum Gasteiger partial charge on any atom is 0.0908 e. The van der Waals surface area contributed by atoms with Crippen LogP contribution in [0.25, 0.3) is 21.8 Å². The number of hydrogen-bond acceptors (Lipinski definition) is 3. The molecule has 3 aromatic rings. The standard InChI is InChI=1S/C21H23Cl2N3O/c22-15-5-7-17-19(13-15)26(27)20-14-16(23)6-8-18(20)21(17)24-9-4-12-25-10-2-1-3-11-25/h5-8,13-14,27H,1-4,9-12H2. The fraction of sp³-hybridized carbons (Fsp3) is 0.381. The van der Waals surface area contributed by atoms with E-state index in [0.717, 1.165) is 40.4 Å². The Labute approximate surface area is 168 Å². The number of rotatable bonds is 4. The number of likely N-dealkylation sites (tertiary alicyclic amines) is 1. The van der Waals surface area contributed by atoms with Gasteiger partial charge < -0.3 is 10.1 Å². The third-order valence-electron chi connectivity index (χ3n) is 5.24. The molecule has 0 spiro atoms. The van der Waals surface area contributed by atoms with Gasteiger partial charge >= 0.3 is 0 Å². The first-order valence-corrected chi connectivity index (χ1v) is 10.2. The lowest BCUT2D eigenvalue weighted by Gasteiger charge is -2.25. The van der Waals surface area contributed by atoms with E-state index in [1.54, 1.807) is 12.1 Å².